The molecule has 0 bridgehead atoms. The second kappa shape index (κ2) is 10.5. The molecule has 11 nitrogen and oxygen atoms in total. The molecule has 0 spiro atoms. The highest BCUT2D eigenvalue weighted by molar-refractivity contribution is 5.99. The molecule has 2 rings (SSSR count). The number of carbonyl (C=O) groups is 2. The quantitative estimate of drug-likeness (QED) is 0.328. The topological polar surface area (TPSA) is 168 Å². The molecule has 0 unspecified atom stereocenters. The predicted molar refractivity (Wildman–Crippen MR) is 118 cm³/mol. The molecule has 11 heteroatoms. The number of hydrogen-bond acceptors (Lipinski definition) is 8. The molecule has 32 heavy (non-hydrogen) atoms. The first-order chi connectivity index (χ1) is 15.1. The van der Waals surface area contributed by atoms with Gasteiger partial charge in [-0.25, -0.2) is 9.59 Å². The van der Waals surface area contributed by atoms with Gasteiger partial charge < -0.3 is 25.6 Å². The maximum absolute atomic E-state index is 12.9. The lowest BCUT2D eigenvalue weighted by molar-refractivity contribution is -0.121. The number of aromatic hydroxyl groups is 2. The molecule has 5 N–H and O–H groups in total. The van der Waals surface area contributed by atoms with Crippen LogP contribution in [0.5, 0.6) is 11.5 Å². The van der Waals surface area contributed by atoms with Crippen molar-refractivity contribution in [2.24, 2.45) is 0 Å². The Morgan fingerprint density at radius 2 is 1.84 bits per heavy atom. The highest BCUT2D eigenvalue weighted by Crippen LogP contribution is 2.32. The van der Waals surface area contributed by atoms with E-state index < -0.39 is 41.2 Å². The zero-order chi connectivity index (χ0) is 24.0. The van der Waals surface area contributed by atoms with Gasteiger partial charge in [0.15, 0.2) is 23.8 Å². The minimum atomic E-state index is -1.03. The van der Waals surface area contributed by atoms with Crippen LogP contribution < -0.4 is 21.9 Å². The summed E-state index contributed by atoms with van der Waals surface area (Å²) < 4.78 is 6.18. The molecule has 0 radical (unpaired) electrons. The van der Waals surface area contributed by atoms with Crippen molar-refractivity contribution < 1.29 is 24.5 Å². The van der Waals surface area contributed by atoms with Crippen LogP contribution in [0.15, 0.2) is 21.7 Å². The summed E-state index contributed by atoms with van der Waals surface area (Å²) in [5.74, 6) is -3.04. The molecular formula is C21H28N4O7. The minimum Gasteiger partial charge on any atom is -0.504 e. The van der Waals surface area contributed by atoms with Crippen LogP contribution in [0.4, 0.5) is 11.5 Å². The Kier molecular flexibility index (Phi) is 8.05. The van der Waals surface area contributed by atoms with Crippen LogP contribution in [0.3, 0.4) is 0 Å². The minimum absolute atomic E-state index is 0.112. The molecule has 174 valence electrons. The maximum Gasteiger partial charge on any atom is 0.342 e. The monoisotopic (exact) mass is 448 g/mol. The van der Waals surface area contributed by atoms with E-state index in [1.54, 1.807) is 6.92 Å². The number of amides is 1. The van der Waals surface area contributed by atoms with E-state index in [4.69, 9.17) is 10.5 Å². The average Bonchev–Trinajstić information content (AvgIpc) is 2.75. The van der Waals surface area contributed by atoms with E-state index in [2.05, 4.69) is 4.98 Å². The van der Waals surface area contributed by atoms with Gasteiger partial charge in [-0.1, -0.05) is 26.3 Å². The molecule has 0 fully saturated rings. The Morgan fingerprint density at radius 1 is 1.16 bits per heavy atom. The molecule has 2 aromatic rings. The summed E-state index contributed by atoms with van der Waals surface area (Å²) in [4.78, 5) is 53.0. The highest BCUT2D eigenvalue weighted by atomic mass is 16.5. The first-order valence-electron chi connectivity index (χ1n) is 10.3. The summed E-state index contributed by atoms with van der Waals surface area (Å²) in [7, 11) is 0. The normalized spacial score (nSPS) is 10.7. The van der Waals surface area contributed by atoms with E-state index in [9.17, 15) is 29.4 Å². The number of unbranched alkanes of at least 4 members (excludes halogenated alkanes) is 1. The first-order valence-corrected chi connectivity index (χ1v) is 10.3. The van der Waals surface area contributed by atoms with Crippen molar-refractivity contribution in [3.63, 3.8) is 0 Å². The number of phenols is 2. The number of nitrogens with one attached hydrogen (secondary N) is 1. The van der Waals surface area contributed by atoms with Crippen LogP contribution in [0.2, 0.25) is 0 Å². The number of ether oxygens (including phenoxy) is 1. The molecule has 0 atom stereocenters. The van der Waals surface area contributed by atoms with Crippen LogP contribution in [-0.4, -0.2) is 44.8 Å². The fourth-order valence-corrected chi connectivity index (χ4v) is 3.09. The third kappa shape index (κ3) is 5.10. The smallest absolute Gasteiger partial charge is 0.342 e. The maximum atomic E-state index is 12.9. The molecule has 0 saturated carbocycles. The van der Waals surface area contributed by atoms with Crippen molar-refractivity contribution in [3.8, 4) is 11.5 Å². The summed E-state index contributed by atoms with van der Waals surface area (Å²) in [5, 5.41) is 19.7. The standard InChI is InChI=1S/C21H28N4O7/c1-4-6-10-24(15-18(22)25(9-5-2)21(31)23-19(15)29)14(26)11-32-20(30)13-8-7-12(3)16(27)17(13)28/h7-8,27-28H,4-6,9-11,22H2,1-3H3,(H,23,29,31). The number of aryl methyl sites for hydroxylation is 1. The lowest BCUT2D eigenvalue weighted by atomic mass is 10.1. The predicted octanol–water partition coefficient (Wildman–Crippen LogP) is 1.24. The van der Waals surface area contributed by atoms with E-state index in [0.717, 1.165) is 4.90 Å². The molecular weight excluding hydrogens is 420 g/mol. The van der Waals surface area contributed by atoms with Gasteiger partial charge in [-0.05, 0) is 31.4 Å². The molecule has 0 aliphatic heterocycles. The van der Waals surface area contributed by atoms with E-state index in [1.165, 1.54) is 16.7 Å². The Hall–Kier alpha value is -3.76. The lowest BCUT2D eigenvalue weighted by Crippen LogP contribution is -2.43. The van der Waals surface area contributed by atoms with Gasteiger partial charge >= 0.3 is 11.7 Å². The largest absolute Gasteiger partial charge is 0.504 e. The summed E-state index contributed by atoms with van der Waals surface area (Å²) in [6.07, 6.45) is 1.80. The van der Waals surface area contributed by atoms with E-state index in [1.807, 2.05) is 13.8 Å². The Balaban J connectivity index is 2.33. The van der Waals surface area contributed by atoms with Crippen molar-refractivity contribution in [1.82, 2.24) is 9.55 Å². The highest BCUT2D eigenvalue weighted by Gasteiger charge is 2.26. The second-order valence-electron chi connectivity index (χ2n) is 7.25. The number of benzene rings is 1. The number of esters is 1. The average molecular weight is 448 g/mol. The Labute approximate surface area is 184 Å². The number of nitrogens with two attached hydrogens (primary N) is 1. The third-order valence-electron chi connectivity index (χ3n) is 4.87. The second-order valence-corrected chi connectivity index (χ2v) is 7.25. The first kappa shape index (κ1) is 24.5. The van der Waals surface area contributed by atoms with E-state index in [0.29, 0.717) is 24.8 Å². The molecule has 1 aromatic heterocycles. The van der Waals surface area contributed by atoms with Crippen molar-refractivity contribution in [3.05, 3.63) is 44.1 Å². The van der Waals surface area contributed by atoms with Crippen molar-refractivity contribution in [1.29, 1.82) is 0 Å². The third-order valence-corrected chi connectivity index (χ3v) is 4.87. The van der Waals surface area contributed by atoms with Crippen molar-refractivity contribution in [2.75, 3.05) is 23.8 Å². The molecule has 0 saturated heterocycles. The van der Waals surface area contributed by atoms with E-state index in [-0.39, 0.29) is 30.2 Å². The molecule has 0 aliphatic carbocycles. The van der Waals surface area contributed by atoms with Crippen molar-refractivity contribution in [2.45, 2.75) is 46.6 Å². The fourth-order valence-electron chi connectivity index (χ4n) is 3.09. The summed E-state index contributed by atoms with van der Waals surface area (Å²) in [6, 6.07) is 2.67. The summed E-state index contributed by atoms with van der Waals surface area (Å²) in [5.41, 5.74) is 4.42. The number of aromatic nitrogens is 2. The molecule has 1 amide bonds. The van der Waals surface area contributed by atoms with Gasteiger partial charge in [0.2, 0.25) is 0 Å². The van der Waals surface area contributed by atoms with Crippen LogP contribution in [0.25, 0.3) is 0 Å². The summed E-state index contributed by atoms with van der Waals surface area (Å²) in [6.45, 7) is 4.87. The zero-order valence-electron chi connectivity index (χ0n) is 18.3. The number of hydrogen-bond donors (Lipinski definition) is 4. The molecule has 0 aliphatic rings. The van der Waals surface area contributed by atoms with Gasteiger partial charge in [0, 0.05) is 13.1 Å². The number of carbonyl (C=O) groups excluding carboxylic acids is 2. The van der Waals surface area contributed by atoms with Crippen LogP contribution in [-0.2, 0) is 16.1 Å². The number of nitrogen functional groups attached to an aromatic ring is 1. The van der Waals surface area contributed by atoms with Crippen LogP contribution >= 0.6 is 0 Å². The molecule has 1 aromatic carbocycles. The number of aromatic amines is 1. The van der Waals surface area contributed by atoms with Gasteiger partial charge in [-0.3, -0.25) is 19.1 Å². The number of H-pyrrole nitrogens is 1. The lowest BCUT2D eigenvalue weighted by Gasteiger charge is -2.24. The van der Waals surface area contributed by atoms with Gasteiger partial charge in [0.1, 0.15) is 11.4 Å². The number of rotatable bonds is 9. The van der Waals surface area contributed by atoms with Crippen molar-refractivity contribution >= 4 is 23.4 Å². The van der Waals surface area contributed by atoms with Crippen LogP contribution in [0, 0.1) is 6.92 Å². The Morgan fingerprint density at radius 3 is 2.47 bits per heavy atom. The number of nitrogens with zero attached hydrogens (tertiary/aromatic N) is 2. The number of phenolic OH excluding ortho intramolecular Hbond substituents is 2. The fraction of sp³-hybridized carbons (Fsp3) is 0.429. The van der Waals surface area contributed by atoms with Crippen LogP contribution in [0.1, 0.15) is 49.0 Å². The molecule has 1 heterocycles. The SMILES string of the molecule is CCCCN(C(=O)COC(=O)c1ccc(C)c(O)c1O)c1c(N)n(CCC)c(=O)[nH]c1=O. The summed E-state index contributed by atoms with van der Waals surface area (Å²) >= 11 is 0. The van der Waals surface area contributed by atoms with Gasteiger partial charge in [0.25, 0.3) is 11.5 Å². The zero-order valence-corrected chi connectivity index (χ0v) is 18.3. The van der Waals surface area contributed by atoms with Gasteiger partial charge in [-0.2, -0.15) is 0 Å². The number of anilines is 2. The Bertz CT molecular complexity index is 1120. The van der Waals surface area contributed by atoms with E-state index >= 15 is 0 Å². The van der Waals surface area contributed by atoms with Gasteiger partial charge in [0.05, 0.1) is 0 Å². The van der Waals surface area contributed by atoms with Gasteiger partial charge in [-0.15, -0.1) is 0 Å².